The minimum Gasteiger partial charge on any atom is -0.381 e. The van der Waals surface area contributed by atoms with Gasteiger partial charge in [-0.25, -0.2) is 9.97 Å². The van der Waals surface area contributed by atoms with Crippen molar-refractivity contribution >= 4 is 5.82 Å². The molecular formula is C13H21N3O. The minimum atomic E-state index is 0.851. The van der Waals surface area contributed by atoms with Crippen LogP contribution in [0.2, 0.25) is 0 Å². The average Bonchev–Trinajstić information content (AvgIpc) is 2.74. The Morgan fingerprint density at radius 2 is 2.24 bits per heavy atom. The Kier molecular flexibility index (Phi) is 4.31. The van der Waals surface area contributed by atoms with Crippen LogP contribution in [0.1, 0.15) is 31.0 Å². The molecule has 0 fully saturated rings. The summed E-state index contributed by atoms with van der Waals surface area (Å²) in [4.78, 5) is 11.0. The molecule has 17 heavy (non-hydrogen) atoms. The highest BCUT2D eigenvalue weighted by Crippen LogP contribution is 2.26. The van der Waals surface area contributed by atoms with E-state index >= 15 is 0 Å². The lowest BCUT2D eigenvalue weighted by Crippen LogP contribution is -2.23. The highest BCUT2D eigenvalue weighted by molar-refractivity contribution is 5.53. The minimum absolute atomic E-state index is 0.851. The van der Waals surface area contributed by atoms with E-state index in [1.54, 1.807) is 6.33 Å². The maximum atomic E-state index is 5.49. The first kappa shape index (κ1) is 12.3. The second-order valence-electron chi connectivity index (χ2n) is 4.46. The highest BCUT2D eigenvalue weighted by Gasteiger charge is 2.21. The predicted octanol–water partition coefficient (Wildman–Crippen LogP) is 1.96. The van der Waals surface area contributed by atoms with Gasteiger partial charge in [-0.1, -0.05) is 6.92 Å². The Morgan fingerprint density at radius 3 is 3.06 bits per heavy atom. The van der Waals surface area contributed by atoms with Crippen LogP contribution in [0, 0.1) is 6.92 Å². The third-order valence-corrected chi connectivity index (χ3v) is 3.13. The number of aromatic nitrogens is 2. The first-order chi connectivity index (χ1) is 8.33. The van der Waals surface area contributed by atoms with Gasteiger partial charge in [-0.3, -0.25) is 0 Å². The van der Waals surface area contributed by atoms with Crippen molar-refractivity contribution < 1.29 is 4.74 Å². The van der Waals surface area contributed by atoms with Crippen molar-refractivity contribution in [1.82, 2.24) is 9.97 Å². The van der Waals surface area contributed by atoms with Gasteiger partial charge in [0.15, 0.2) is 0 Å². The lowest BCUT2D eigenvalue weighted by atomic mass is 10.2. The van der Waals surface area contributed by atoms with E-state index in [1.807, 2.05) is 0 Å². The number of nitrogens with zero attached hydrogens (tertiary/aromatic N) is 3. The Bertz CT molecular complexity index is 368. The van der Waals surface area contributed by atoms with Crippen LogP contribution in [0.4, 0.5) is 5.82 Å². The molecule has 0 aromatic carbocycles. The fraction of sp³-hybridized carbons (Fsp3) is 0.692. The quantitative estimate of drug-likeness (QED) is 0.707. The summed E-state index contributed by atoms with van der Waals surface area (Å²) < 4.78 is 5.49. The van der Waals surface area contributed by atoms with Crippen LogP contribution in [-0.2, 0) is 11.2 Å². The van der Waals surface area contributed by atoms with Gasteiger partial charge in [0, 0.05) is 37.6 Å². The van der Waals surface area contributed by atoms with Crippen LogP contribution in [0.15, 0.2) is 6.33 Å². The van der Waals surface area contributed by atoms with E-state index < -0.39 is 0 Å². The molecule has 4 nitrogen and oxygen atoms in total. The van der Waals surface area contributed by atoms with E-state index in [2.05, 4.69) is 28.7 Å². The Morgan fingerprint density at radius 1 is 1.35 bits per heavy atom. The summed E-state index contributed by atoms with van der Waals surface area (Å²) in [6.07, 6.45) is 4.92. The third-order valence-electron chi connectivity index (χ3n) is 3.13. The summed E-state index contributed by atoms with van der Waals surface area (Å²) in [6, 6.07) is 0. The van der Waals surface area contributed by atoms with Crippen LogP contribution < -0.4 is 4.90 Å². The fourth-order valence-electron chi connectivity index (χ4n) is 2.23. The average molecular weight is 235 g/mol. The Hall–Kier alpha value is -1.16. The first-order valence-corrected chi connectivity index (χ1v) is 6.46. The zero-order valence-electron chi connectivity index (χ0n) is 10.8. The van der Waals surface area contributed by atoms with E-state index in [0.717, 1.165) is 57.1 Å². The van der Waals surface area contributed by atoms with Crippen molar-refractivity contribution in [3.63, 3.8) is 0 Å². The van der Waals surface area contributed by atoms with Crippen LogP contribution in [0.3, 0.4) is 0 Å². The summed E-state index contributed by atoms with van der Waals surface area (Å²) in [7, 11) is 0. The molecule has 0 aliphatic carbocycles. The van der Waals surface area contributed by atoms with Gasteiger partial charge in [-0.05, 0) is 26.2 Å². The SMILES string of the molecule is CCCOCCCN1CCc2c(C)ncnc21. The second kappa shape index (κ2) is 5.96. The number of fused-ring (bicyclic) bond motifs is 1. The lowest BCUT2D eigenvalue weighted by molar-refractivity contribution is 0.133. The second-order valence-corrected chi connectivity index (χ2v) is 4.46. The summed E-state index contributed by atoms with van der Waals surface area (Å²) in [5.41, 5.74) is 2.45. The number of hydrogen-bond acceptors (Lipinski definition) is 4. The topological polar surface area (TPSA) is 38.2 Å². The molecule has 1 aliphatic rings. The fourth-order valence-corrected chi connectivity index (χ4v) is 2.23. The molecule has 4 heteroatoms. The van der Waals surface area contributed by atoms with E-state index in [9.17, 15) is 0 Å². The molecule has 0 spiro atoms. The van der Waals surface area contributed by atoms with Gasteiger partial charge >= 0.3 is 0 Å². The molecular weight excluding hydrogens is 214 g/mol. The number of rotatable bonds is 6. The Labute approximate surface area is 103 Å². The lowest BCUT2D eigenvalue weighted by Gasteiger charge is -2.17. The molecule has 1 aliphatic heterocycles. The maximum absolute atomic E-state index is 5.49. The predicted molar refractivity (Wildman–Crippen MR) is 68.4 cm³/mol. The largest absolute Gasteiger partial charge is 0.381 e. The van der Waals surface area contributed by atoms with Crippen LogP contribution >= 0.6 is 0 Å². The standard InChI is InChI=1S/C13H21N3O/c1-3-8-17-9-4-6-16-7-5-12-11(2)14-10-15-13(12)16/h10H,3-9H2,1-2H3. The van der Waals surface area contributed by atoms with E-state index in [4.69, 9.17) is 4.74 Å². The molecule has 0 N–H and O–H groups in total. The molecule has 94 valence electrons. The van der Waals surface area contributed by atoms with Gasteiger partial charge in [0.25, 0.3) is 0 Å². The number of anilines is 1. The summed E-state index contributed by atoms with van der Waals surface area (Å²) in [6.45, 7) is 8.03. The number of hydrogen-bond donors (Lipinski definition) is 0. The van der Waals surface area contributed by atoms with Crippen LogP contribution in [0.25, 0.3) is 0 Å². The van der Waals surface area contributed by atoms with Crippen LogP contribution in [0.5, 0.6) is 0 Å². The molecule has 1 aromatic rings. The van der Waals surface area contributed by atoms with Crippen molar-refractivity contribution in [2.75, 3.05) is 31.2 Å². The smallest absolute Gasteiger partial charge is 0.135 e. The summed E-state index contributed by atoms with van der Waals surface area (Å²) >= 11 is 0. The molecule has 0 unspecified atom stereocenters. The Balaban J connectivity index is 1.83. The molecule has 0 atom stereocenters. The molecule has 2 heterocycles. The molecule has 0 saturated heterocycles. The van der Waals surface area contributed by atoms with Gasteiger partial charge in [-0.2, -0.15) is 0 Å². The monoisotopic (exact) mass is 235 g/mol. The molecule has 1 aromatic heterocycles. The molecule has 2 rings (SSSR count). The highest BCUT2D eigenvalue weighted by atomic mass is 16.5. The van der Waals surface area contributed by atoms with Crippen molar-refractivity contribution in [2.24, 2.45) is 0 Å². The van der Waals surface area contributed by atoms with Gasteiger partial charge in [-0.15, -0.1) is 0 Å². The van der Waals surface area contributed by atoms with Gasteiger partial charge in [0.1, 0.15) is 12.1 Å². The van der Waals surface area contributed by atoms with Crippen molar-refractivity contribution in [1.29, 1.82) is 0 Å². The summed E-state index contributed by atoms with van der Waals surface area (Å²) in [5.74, 6) is 1.13. The summed E-state index contributed by atoms with van der Waals surface area (Å²) in [5, 5.41) is 0. The zero-order valence-corrected chi connectivity index (χ0v) is 10.8. The van der Waals surface area contributed by atoms with Crippen molar-refractivity contribution in [3.05, 3.63) is 17.6 Å². The zero-order chi connectivity index (χ0) is 12.1. The molecule has 0 saturated carbocycles. The maximum Gasteiger partial charge on any atom is 0.135 e. The molecule has 0 amide bonds. The van der Waals surface area contributed by atoms with Crippen molar-refractivity contribution in [2.45, 2.75) is 33.1 Å². The first-order valence-electron chi connectivity index (χ1n) is 6.46. The van der Waals surface area contributed by atoms with E-state index in [-0.39, 0.29) is 0 Å². The third kappa shape index (κ3) is 2.94. The normalized spacial score (nSPS) is 14.1. The number of ether oxygens (including phenoxy) is 1. The molecule has 0 radical (unpaired) electrons. The van der Waals surface area contributed by atoms with Gasteiger partial charge in [0.05, 0.1) is 0 Å². The molecule has 0 bridgehead atoms. The van der Waals surface area contributed by atoms with E-state index in [1.165, 1.54) is 5.56 Å². The van der Waals surface area contributed by atoms with Crippen LogP contribution in [-0.4, -0.2) is 36.3 Å². The van der Waals surface area contributed by atoms with Crippen molar-refractivity contribution in [3.8, 4) is 0 Å². The van der Waals surface area contributed by atoms with Gasteiger partial charge < -0.3 is 9.64 Å². The van der Waals surface area contributed by atoms with Gasteiger partial charge in [0.2, 0.25) is 0 Å². The number of aryl methyl sites for hydroxylation is 1. The van der Waals surface area contributed by atoms with E-state index in [0.29, 0.717) is 0 Å².